The van der Waals surface area contributed by atoms with Crippen LogP contribution in [-0.4, -0.2) is 17.8 Å². The first-order valence-electron chi connectivity index (χ1n) is 6.61. The summed E-state index contributed by atoms with van der Waals surface area (Å²) in [5, 5.41) is 3.73. The van der Waals surface area contributed by atoms with Gasteiger partial charge >= 0.3 is 0 Å². The number of hydrogen-bond acceptors (Lipinski definition) is 1. The third kappa shape index (κ3) is 3.44. The first-order valence-corrected chi connectivity index (χ1v) is 6.61. The quantitative estimate of drug-likeness (QED) is 0.739. The van der Waals surface area contributed by atoms with Crippen molar-refractivity contribution in [1.29, 1.82) is 0 Å². The van der Waals surface area contributed by atoms with Crippen LogP contribution in [0.4, 0.5) is 4.39 Å². The predicted molar refractivity (Wildman–Crippen MR) is 61.8 cm³/mol. The van der Waals surface area contributed by atoms with Gasteiger partial charge in [-0.3, -0.25) is 0 Å². The normalized spacial score (nSPS) is 39.2. The molecule has 0 aromatic rings. The minimum atomic E-state index is -0.884. The molecule has 2 aliphatic carbocycles. The topological polar surface area (TPSA) is 12.0 Å². The molecule has 1 N–H and O–H groups in total. The molecule has 0 aromatic carbocycles. The molecule has 0 aliphatic heterocycles. The van der Waals surface area contributed by atoms with Gasteiger partial charge in [-0.1, -0.05) is 19.3 Å². The Morgan fingerprint density at radius 1 is 0.933 bits per heavy atom. The Kier molecular flexibility index (Phi) is 3.65. The minimum absolute atomic E-state index is 0.594. The van der Waals surface area contributed by atoms with Crippen LogP contribution in [-0.2, 0) is 0 Å². The average molecular weight is 213 g/mol. The van der Waals surface area contributed by atoms with Crippen LogP contribution < -0.4 is 5.32 Å². The zero-order chi connectivity index (χ0) is 10.7. The Hall–Kier alpha value is -0.110. The van der Waals surface area contributed by atoms with E-state index in [0.717, 1.165) is 31.7 Å². The first-order chi connectivity index (χ1) is 7.16. The van der Waals surface area contributed by atoms with E-state index in [9.17, 15) is 4.39 Å². The second kappa shape index (κ2) is 4.82. The fourth-order valence-corrected chi connectivity index (χ4v) is 2.99. The average Bonchev–Trinajstić information content (AvgIpc) is 2.23. The van der Waals surface area contributed by atoms with Gasteiger partial charge in [-0.2, -0.15) is 0 Å². The highest BCUT2D eigenvalue weighted by Crippen LogP contribution is 2.32. The molecule has 15 heavy (non-hydrogen) atoms. The molecule has 0 unspecified atom stereocenters. The molecule has 0 bridgehead atoms. The summed E-state index contributed by atoms with van der Waals surface area (Å²) in [5.74, 6) is 0. The smallest absolute Gasteiger partial charge is 0.108 e. The monoisotopic (exact) mass is 213 g/mol. The van der Waals surface area contributed by atoms with Crippen LogP contribution in [0.3, 0.4) is 0 Å². The van der Waals surface area contributed by atoms with Gasteiger partial charge in [0.25, 0.3) is 0 Å². The van der Waals surface area contributed by atoms with Crippen LogP contribution in [0, 0.1) is 0 Å². The second-order valence-corrected chi connectivity index (χ2v) is 5.69. The Morgan fingerprint density at radius 3 is 2.07 bits per heavy atom. The maximum Gasteiger partial charge on any atom is 0.108 e. The Morgan fingerprint density at radius 2 is 1.47 bits per heavy atom. The molecule has 1 nitrogen and oxygen atoms in total. The molecule has 2 fully saturated rings. The van der Waals surface area contributed by atoms with Crippen LogP contribution in [0.5, 0.6) is 0 Å². The van der Waals surface area contributed by atoms with Crippen molar-refractivity contribution in [3.8, 4) is 0 Å². The number of halogens is 1. The van der Waals surface area contributed by atoms with E-state index in [4.69, 9.17) is 0 Å². The molecule has 0 spiro atoms. The summed E-state index contributed by atoms with van der Waals surface area (Å²) in [6.07, 6.45) is 10.4. The summed E-state index contributed by atoms with van der Waals surface area (Å²) < 4.78 is 13.6. The number of rotatable bonds is 2. The Bertz CT molecular complexity index is 187. The highest BCUT2D eigenvalue weighted by atomic mass is 19.1. The molecule has 0 aromatic heterocycles. The minimum Gasteiger partial charge on any atom is -0.311 e. The molecule has 0 saturated heterocycles. The van der Waals surface area contributed by atoms with Crippen LogP contribution in [0.15, 0.2) is 0 Å². The molecule has 2 saturated carbocycles. The molecule has 0 heterocycles. The van der Waals surface area contributed by atoms with Gasteiger partial charge in [-0.05, 0) is 45.4 Å². The van der Waals surface area contributed by atoms with E-state index in [1.807, 2.05) is 0 Å². The summed E-state index contributed by atoms with van der Waals surface area (Å²) in [6.45, 7) is 1.75. The van der Waals surface area contributed by atoms with Crippen LogP contribution in [0.25, 0.3) is 0 Å². The molecule has 0 radical (unpaired) electrons. The molecule has 0 amide bonds. The van der Waals surface area contributed by atoms with Crippen LogP contribution >= 0.6 is 0 Å². The van der Waals surface area contributed by atoms with Crippen molar-refractivity contribution in [2.75, 3.05) is 0 Å². The van der Waals surface area contributed by atoms with Gasteiger partial charge in [-0.25, -0.2) is 4.39 Å². The van der Waals surface area contributed by atoms with Crippen molar-refractivity contribution in [2.45, 2.75) is 82.5 Å². The van der Waals surface area contributed by atoms with Crippen molar-refractivity contribution < 1.29 is 4.39 Å². The highest BCUT2D eigenvalue weighted by molar-refractivity contribution is 4.87. The third-order valence-electron chi connectivity index (χ3n) is 4.10. The summed E-state index contributed by atoms with van der Waals surface area (Å²) >= 11 is 0. The molecule has 0 atom stereocenters. The van der Waals surface area contributed by atoms with Gasteiger partial charge < -0.3 is 5.32 Å². The first kappa shape index (κ1) is 11.4. The molecule has 88 valence electrons. The van der Waals surface area contributed by atoms with Gasteiger partial charge in [0, 0.05) is 12.1 Å². The van der Waals surface area contributed by atoms with E-state index in [2.05, 4.69) is 5.32 Å². The van der Waals surface area contributed by atoms with E-state index in [-0.39, 0.29) is 0 Å². The Balaban J connectivity index is 1.71. The molecular weight excluding hydrogens is 189 g/mol. The van der Waals surface area contributed by atoms with Gasteiger partial charge in [0.05, 0.1) is 0 Å². The van der Waals surface area contributed by atoms with Gasteiger partial charge in [-0.15, -0.1) is 0 Å². The van der Waals surface area contributed by atoms with Crippen molar-refractivity contribution in [2.24, 2.45) is 0 Å². The highest BCUT2D eigenvalue weighted by Gasteiger charge is 2.31. The van der Waals surface area contributed by atoms with Gasteiger partial charge in [0.15, 0.2) is 0 Å². The van der Waals surface area contributed by atoms with Crippen molar-refractivity contribution >= 4 is 0 Å². The SMILES string of the molecule is CC1(F)CCC(NC2CCCCC2)CC1. The van der Waals surface area contributed by atoms with E-state index < -0.39 is 5.67 Å². The summed E-state index contributed by atoms with van der Waals surface area (Å²) in [4.78, 5) is 0. The van der Waals surface area contributed by atoms with Crippen LogP contribution in [0.1, 0.15) is 64.7 Å². The summed E-state index contributed by atoms with van der Waals surface area (Å²) in [5.41, 5.74) is -0.884. The molecular formula is C13H24FN. The predicted octanol–water partition coefficient (Wildman–Crippen LogP) is 3.58. The van der Waals surface area contributed by atoms with E-state index in [0.29, 0.717) is 6.04 Å². The third-order valence-corrected chi connectivity index (χ3v) is 4.10. The van der Waals surface area contributed by atoms with E-state index >= 15 is 0 Å². The standard InChI is InChI=1S/C13H24FN/c1-13(14)9-7-12(8-10-13)15-11-5-3-2-4-6-11/h11-12,15H,2-10H2,1H3. The Labute approximate surface area is 92.8 Å². The zero-order valence-electron chi connectivity index (χ0n) is 9.90. The summed E-state index contributed by atoms with van der Waals surface area (Å²) in [7, 11) is 0. The van der Waals surface area contributed by atoms with E-state index in [1.54, 1.807) is 6.92 Å². The lowest BCUT2D eigenvalue weighted by atomic mass is 9.84. The lowest BCUT2D eigenvalue weighted by molar-refractivity contribution is 0.108. The molecule has 2 heteroatoms. The number of hydrogen-bond donors (Lipinski definition) is 1. The lowest BCUT2D eigenvalue weighted by Gasteiger charge is -2.35. The number of alkyl halides is 1. The lowest BCUT2D eigenvalue weighted by Crippen LogP contribution is -2.43. The van der Waals surface area contributed by atoms with Crippen LogP contribution in [0.2, 0.25) is 0 Å². The van der Waals surface area contributed by atoms with Gasteiger partial charge in [0.1, 0.15) is 5.67 Å². The molecule has 2 aliphatic rings. The zero-order valence-corrected chi connectivity index (χ0v) is 9.90. The van der Waals surface area contributed by atoms with Crippen molar-refractivity contribution in [1.82, 2.24) is 5.32 Å². The van der Waals surface area contributed by atoms with E-state index in [1.165, 1.54) is 32.1 Å². The summed E-state index contributed by atoms with van der Waals surface area (Å²) in [6, 6.07) is 1.32. The van der Waals surface area contributed by atoms with Crippen molar-refractivity contribution in [3.63, 3.8) is 0 Å². The maximum atomic E-state index is 13.6. The second-order valence-electron chi connectivity index (χ2n) is 5.69. The fraction of sp³-hybridized carbons (Fsp3) is 1.00. The fourth-order valence-electron chi connectivity index (χ4n) is 2.99. The largest absolute Gasteiger partial charge is 0.311 e. The van der Waals surface area contributed by atoms with Gasteiger partial charge in [0.2, 0.25) is 0 Å². The van der Waals surface area contributed by atoms with Crippen molar-refractivity contribution in [3.05, 3.63) is 0 Å². The maximum absolute atomic E-state index is 13.6. The molecule has 2 rings (SSSR count). The number of nitrogens with one attached hydrogen (secondary N) is 1.